The molecule has 0 saturated carbocycles. The topological polar surface area (TPSA) is 80.5 Å². The molecular weight excluding hydrogens is 328 g/mol. The second-order valence-corrected chi connectivity index (χ2v) is 7.07. The first kappa shape index (κ1) is 14.8. The molecule has 0 aromatic heterocycles. The van der Waals surface area contributed by atoms with Gasteiger partial charge in [-0.1, -0.05) is 29.8 Å². The molecule has 0 unspecified atom stereocenters. The molecule has 2 aromatic rings. The highest BCUT2D eigenvalue weighted by molar-refractivity contribution is 7.93. The Bertz CT molecular complexity index is 867. The van der Waals surface area contributed by atoms with Gasteiger partial charge in [0, 0.05) is 18.7 Å². The summed E-state index contributed by atoms with van der Waals surface area (Å²) in [5, 5.41) is 10.8. The predicted molar refractivity (Wildman–Crippen MR) is 82.8 cm³/mol. The maximum absolute atomic E-state index is 12.8. The van der Waals surface area contributed by atoms with E-state index in [1.54, 1.807) is 12.1 Å². The molecule has 3 rings (SSSR count). The van der Waals surface area contributed by atoms with Crippen LogP contribution in [0.1, 0.15) is 5.56 Å². The molecule has 1 aliphatic rings. The first-order chi connectivity index (χ1) is 10.4. The van der Waals surface area contributed by atoms with Gasteiger partial charge in [0.1, 0.15) is 4.90 Å². The SMILES string of the molecule is O=[N+]([O-])c1ccc(Cl)c(S(=O)(=O)N2CCc3ccccc32)c1. The van der Waals surface area contributed by atoms with Crippen LogP contribution in [0.25, 0.3) is 0 Å². The van der Waals surface area contributed by atoms with Gasteiger partial charge in [-0.15, -0.1) is 0 Å². The minimum absolute atomic E-state index is 0.0324. The third-order valence-corrected chi connectivity index (χ3v) is 5.83. The first-order valence-electron chi connectivity index (χ1n) is 6.46. The van der Waals surface area contributed by atoms with Gasteiger partial charge in [0.2, 0.25) is 0 Å². The van der Waals surface area contributed by atoms with Crippen LogP contribution in [0.3, 0.4) is 0 Å². The fourth-order valence-corrected chi connectivity index (χ4v) is 4.48. The number of hydrogen-bond donors (Lipinski definition) is 0. The Morgan fingerprint density at radius 2 is 1.91 bits per heavy atom. The Balaban J connectivity index is 2.12. The maximum Gasteiger partial charge on any atom is 0.270 e. The number of hydrogen-bond acceptors (Lipinski definition) is 4. The second kappa shape index (κ2) is 5.26. The van der Waals surface area contributed by atoms with Crippen LogP contribution in [0.15, 0.2) is 47.4 Å². The highest BCUT2D eigenvalue weighted by Gasteiger charge is 2.33. The number of benzene rings is 2. The number of fused-ring (bicyclic) bond motifs is 1. The van der Waals surface area contributed by atoms with Crippen LogP contribution in [0, 0.1) is 10.1 Å². The predicted octanol–water partition coefficient (Wildman–Crippen LogP) is 3.00. The van der Waals surface area contributed by atoms with Gasteiger partial charge in [0.15, 0.2) is 0 Å². The number of anilines is 1. The normalized spacial score (nSPS) is 14.0. The summed E-state index contributed by atoms with van der Waals surface area (Å²) in [6.07, 6.45) is 0.599. The zero-order chi connectivity index (χ0) is 15.9. The quantitative estimate of drug-likeness (QED) is 0.636. The third kappa shape index (κ3) is 2.32. The third-order valence-electron chi connectivity index (χ3n) is 3.54. The Hall–Kier alpha value is -2.12. The van der Waals surface area contributed by atoms with Crippen LogP contribution in [0.2, 0.25) is 5.02 Å². The molecule has 0 saturated heterocycles. The van der Waals surface area contributed by atoms with Crippen molar-refractivity contribution < 1.29 is 13.3 Å². The van der Waals surface area contributed by atoms with Gasteiger partial charge >= 0.3 is 0 Å². The van der Waals surface area contributed by atoms with E-state index >= 15 is 0 Å². The molecule has 0 atom stereocenters. The van der Waals surface area contributed by atoms with Crippen molar-refractivity contribution in [1.82, 2.24) is 0 Å². The van der Waals surface area contributed by atoms with Crippen molar-refractivity contribution in [3.63, 3.8) is 0 Å². The largest absolute Gasteiger partial charge is 0.270 e. The number of nitrogens with zero attached hydrogens (tertiary/aromatic N) is 2. The molecule has 2 aromatic carbocycles. The maximum atomic E-state index is 12.8. The lowest BCUT2D eigenvalue weighted by Gasteiger charge is -2.20. The van der Waals surface area contributed by atoms with E-state index < -0.39 is 14.9 Å². The summed E-state index contributed by atoms with van der Waals surface area (Å²) in [5.74, 6) is 0. The van der Waals surface area contributed by atoms with E-state index in [0.29, 0.717) is 18.7 Å². The van der Waals surface area contributed by atoms with Crippen LogP contribution in [0.4, 0.5) is 11.4 Å². The van der Waals surface area contributed by atoms with Gasteiger partial charge in [0.25, 0.3) is 15.7 Å². The summed E-state index contributed by atoms with van der Waals surface area (Å²) in [7, 11) is -3.94. The van der Waals surface area contributed by atoms with Crippen LogP contribution in [-0.2, 0) is 16.4 Å². The summed E-state index contributed by atoms with van der Waals surface area (Å²) in [6.45, 7) is 0.292. The molecule has 1 aliphatic heterocycles. The smallest absolute Gasteiger partial charge is 0.266 e. The average molecular weight is 339 g/mol. The summed E-state index contributed by atoms with van der Waals surface area (Å²) in [5.41, 5.74) is 1.20. The van der Waals surface area contributed by atoms with Crippen molar-refractivity contribution in [3.05, 3.63) is 63.2 Å². The van der Waals surface area contributed by atoms with Gasteiger partial charge in [-0.25, -0.2) is 8.42 Å². The van der Waals surface area contributed by atoms with Gasteiger partial charge in [-0.05, 0) is 24.1 Å². The standard InChI is InChI=1S/C14H11ClN2O4S/c15-12-6-5-11(17(18)19)9-14(12)22(20,21)16-8-7-10-3-1-2-4-13(10)16/h1-6,9H,7-8H2. The molecule has 0 fully saturated rings. The van der Waals surface area contributed by atoms with E-state index in [1.807, 2.05) is 12.1 Å². The second-order valence-electron chi connectivity index (χ2n) is 4.83. The molecule has 114 valence electrons. The molecule has 0 spiro atoms. The molecule has 0 aliphatic carbocycles. The summed E-state index contributed by atoms with van der Waals surface area (Å²) in [6, 6.07) is 10.6. The summed E-state index contributed by atoms with van der Waals surface area (Å²) >= 11 is 5.96. The van der Waals surface area contributed by atoms with Crippen LogP contribution in [-0.4, -0.2) is 19.9 Å². The molecule has 22 heavy (non-hydrogen) atoms. The zero-order valence-corrected chi connectivity index (χ0v) is 12.8. The van der Waals surface area contributed by atoms with Crippen molar-refractivity contribution in [2.75, 3.05) is 10.8 Å². The van der Waals surface area contributed by atoms with E-state index in [0.717, 1.165) is 11.6 Å². The van der Waals surface area contributed by atoms with Gasteiger partial charge in [-0.3, -0.25) is 14.4 Å². The van der Waals surface area contributed by atoms with Crippen molar-refractivity contribution in [2.24, 2.45) is 0 Å². The lowest BCUT2D eigenvalue weighted by atomic mass is 10.2. The van der Waals surface area contributed by atoms with E-state index in [9.17, 15) is 18.5 Å². The molecule has 0 bridgehead atoms. The van der Waals surface area contributed by atoms with Gasteiger partial charge < -0.3 is 0 Å². The Morgan fingerprint density at radius 1 is 1.18 bits per heavy atom. The fraction of sp³-hybridized carbons (Fsp3) is 0.143. The minimum Gasteiger partial charge on any atom is -0.266 e. The van der Waals surface area contributed by atoms with Crippen molar-refractivity contribution in [2.45, 2.75) is 11.3 Å². The van der Waals surface area contributed by atoms with Crippen molar-refractivity contribution >= 4 is 33.0 Å². The molecule has 1 heterocycles. The molecule has 0 amide bonds. The molecular formula is C14H11ClN2O4S. The highest BCUT2D eigenvalue weighted by Crippen LogP contribution is 2.35. The monoisotopic (exact) mass is 338 g/mol. The number of para-hydroxylation sites is 1. The number of sulfonamides is 1. The first-order valence-corrected chi connectivity index (χ1v) is 8.27. The minimum atomic E-state index is -3.94. The molecule has 6 nitrogen and oxygen atoms in total. The highest BCUT2D eigenvalue weighted by atomic mass is 35.5. The van der Waals surface area contributed by atoms with Crippen molar-refractivity contribution in [3.8, 4) is 0 Å². The van der Waals surface area contributed by atoms with Crippen LogP contribution < -0.4 is 4.31 Å². The Labute approximate surface area is 132 Å². The van der Waals surface area contributed by atoms with Gasteiger partial charge in [0.05, 0.1) is 15.6 Å². The van der Waals surface area contributed by atoms with Crippen molar-refractivity contribution in [1.29, 1.82) is 0 Å². The van der Waals surface area contributed by atoms with E-state index in [-0.39, 0.29) is 15.6 Å². The number of halogens is 1. The molecule has 0 radical (unpaired) electrons. The Kier molecular flexibility index (Phi) is 3.54. The number of rotatable bonds is 3. The summed E-state index contributed by atoms with van der Waals surface area (Å²) in [4.78, 5) is 9.97. The summed E-state index contributed by atoms with van der Waals surface area (Å²) < 4.78 is 26.9. The molecule has 8 heteroatoms. The lowest BCUT2D eigenvalue weighted by molar-refractivity contribution is -0.385. The average Bonchev–Trinajstić information content (AvgIpc) is 2.91. The van der Waals surface area contributed by atoms with Crippen LogP contribution in [0.5, 0.6) is 0 Å². The fourth-order valence-electron chi connectivity index (χ4n) is 2.48. The number of non-ortho nitro benzene ring substituents is 1. The van der Waals surface area contributed by atoms with Gasteiger partial charge in [-0.2, -0.15) is 0 Å². The van der Waals surface area contributed by atoms with Crippen LogP contribution >= 0.6 is 11.6 Å². The number of nitro groups is 1. The number of nitro benzene ring substituents is 1. The van der Waals surface area contributed by atoms with E-state index in [2.05, 4.69) is 0 Å². The molecule has 0 N–H and O–H groups in total. The zero-order valence-electron chi connectivity index (χ0n) is 11.3. The Morgan fingerprint density at radius 3 is 2.64 bits per heavy atom. The van der Waals surface area contributed by atoms with E-state index in [4.69, 9.17) is 11.6 Å². The van der Waals surface area contributed by atoms with E-state index in [1.165, 1.54) is 16.4 Å². The lowest BCUT2D eigenvalue weighted by Crippen LogP contribution is -2.29.